The van der Waals surface area contributed by atoms with Gasteiger partial charge in [0.1, 0.15) is 12.1 Å². The van der Waals surface area contributed by atoms with E-state index >= 15 is 0 Å². The van der Waals surface area contributed by atoms with Gasteiger partial charge in [0.25, 0.3) is 0 Å². The van der Waals surface area contributed by atoms with Crippen molar-refractivity contribution in [3.63, 3.8) is 0 Å². The number of alkyl carbamates (subject to hydrolysis) is 1. The van der Waals surface area contributed by atoms with Crippen LogP contribution in [0.15, 0.2) is 48.5 Å². The van der Waals surface area contributed by atoms with E-state index in [0.717, 1.165) is 22.3 Å². The molecule has 0 saturated heterocycles. The first-order valence-corrected chi connectivity index (χ1v) is 12.0. The van der Waals surface area contributed by atoms with Crippen LogP contribution < -0.4 is 10.6 Å². The predicted molar refractivity (Wildman–Crippen MR) is 132 cm³/mol. The SMILES string of the molecule is CCC(CCC(=O)O)NC(=O)C(CC)(COC)NC(=O)OCC1c2ccccc2-c2ccccc21. The Morgan fingerprint density at radius 1 is 1.03 bits per heavy atom. The normalized spacial score (nSPS) is 14.8. The maximum atomic E-state index is 13.2. The number of ether oxygens (including phenoxy) is 2. The van der Waals surface area contributed by atoms with E-state index in [1.807, 2.05) is 43.3 Å². The molecule has 2 aromatic carbocycles. The number of fused-ring (bicyclic) bond motifs is 3. The number of carboxylic acid groups (broad SMARTS) is 1. The van der Waals surface area contributed by atoms with Crippen molar-refractivity contribution in [3.05, 3.63) is 59.7 Å². The molecule has 0 aromatic heterocycles. The molecule has 2 atom stereocenters. The first kappa shape index (κ1) is 26.2. The summed E-state index contributed by atoms with van der Waals surface area (Å²) in [6, 6.07) is 15.8. The van der Waals surface area contributed by atoms with Crippen LogP contribution in [-0.4, -0.2) is 55.0 Å². The maximum Gasteiger partial charge on any atom is 0.408 e. The van der Waals surface area contributed by atoms with E-state index in [1.165, 1.54) is 7.11 Å². The largest absolute Gasteiger partial charge is 0.481 e. The van der Waals surface area contributed by atoms with Crippen LogP contribution in [0.5, 0.6) is 0 Å². The zero-order valence-electron chi connectivity index (χ0n) is 20.5. The Morgan fingerprint density at radius 3 is 2.14 bits per heavy atom. The third-order valence-electron chi connectivity index (χ3n) is 6.65. The smallest absolute Gasteiger partial charge is 0.408 e. The Balaban J connectivity index is 1.70. The van der Waals surface area contributed by atoms with Gasteiger partial charge < -0.3 is 25.2 Å². The van der Waals surface area contributed by atoms with Gasteiger partial charge in [0.05, 0.1) is 6.61 Å². The van der Waals surface area contributed by atoms with Crippen LogP contribution in [0.1, 0.15) is 56.6 Å². The minimum atomic E-state index is -1.34. The molecular formula is C27H34N2O6. The average molecular weight is 483 g/mol. The lowest BCUT2D eigenvalue weighted by Gasteiger charge is -2.33. The Bertz CT molecular complexity index is 1010. The summed E-state index contributed by atoms with van der Waals surface area (Å²) in [5.41, 5.74) is 3.12. The molecule has 3 rings (SSSR count). The molecule has 0 aliphatic heterocycles. The zero-order chi connectivity index (χ0) is 25.4. The van der Waals surface area contributed by atoms with Crippen molar-refractivity contribution in [1.82, 2.24) is 10.6 Å². The number of methoxy groups -OCH3 is 1. The lowest BCUT2D eigenvalue weighted by atomic mass is 9.94. The van der Waals surface area contributed by atoms with Crippen LogP contribution in [0.4, 0.5) is 4.79 Å². The summed E-state index contributed by atoms with van der Waals surface area (Å²) >= 11 is 0. The van der Waals surface area contributed by atoms with Crippen LogP contribution in [0.2, 0.25) is 0 Å². The van der Waals surface area contributed by atoms with Gasteiger partial charge in [-0.25, -0.2) is 4.79 Å². The molecule has 0 radical (unpaired) electrons. The molecule has 2 unspecified atom stereocenters. The quantitative estimate of drug-likeness (QED) is 0.420. The van der Waals surface area contributed by atoms with Crippen LogP contribution in [0, 0.1) is 0 Å². The zero-order valence-corrected chi connectivity index (χ0v) is 20.5. The number of hydrogen-bond donors (Lipinski definition) is 3. The van der Waals surface area contributed by atoms with Gasteiger partial charge in [-0.05, 0) is 41.5 Å². The first-order chi connectivity index (χ1) is 16.8. The molecule has 0 spiro atoms. The molecule has 35 heavy (non-hydrogen) atoms. The van der Waals surface area contributed by atoms with E-state index in [0.29, 0.717) is 12.8 Å². The van der Waals surface area contributed by atoms with E-state index in [9.17, 15) is 14.4 Å². The monoisotopic (exact) mass is 482 g/mol. The maximum absolute atomic E-state index is 13.2. The van der Waals surface area contributed by atoms with Gasteiger partial charge in [-0.3, -0.25) is 9.59 Å². The number of benzene rings is 2. The lowest BCUT2D eigenvalue weighted by Crippen LogP contribution is -2.62. The number of rotatable bonds is 12. The second-order valence-corrected chi connectivity index (χ2v) is 8.83. The molecule has 0 heterocycles. The molecule has 2 amide bonds. The predicted octanol–water partition coefficient (Wildman–Crippen LogP) is 4.08. The molecular weight excluding hydrogens is 448 g/mol. The third kappa shape index (κ3) is 6.00. The molecule has 8 heteroatoms. The molecule has 3 N–H and O–H groups in total. The lowest BCUT2D eigenvalue weighted by molar-refractivity contribution is -0.138. The molecule has 188 valence electrons. The number of hydrogen-bond acceptors (Lipinski definition) is 5. The van der Waals surface area contributed by atoms with E-state index in [1.54, 1.807) is 6.92 Å². The summed E-state index contributed by atoms with van der Waals surface area (Å²) in [6.07, 6.45) is 0.375. The van der Waals surface area contributed by atoms with Gasteiger partial charge in [-0.15, -0.1) is 0 Å². The van der Waals surface area contributed by atoms with Crippen molar-refractivity contribution < 1.29 is 29.0 Å². The Morgan fingerprint density at radius 2 is 1.63 bits per heavy atom. The van der Waals surface area contributed by atoms with Gasteiger partial charge >= 0.3 is 12.1 Å². The molecule has 0 bridgehead atoms. The van der Waals surface area contributed by atoms with Crippen LogP contribution in [0.3, 0.4) is 0 Å². The minimum absolute atomic E-state index is 0.0467. The average Bonchev–Trinajstić information content (AvgIpc) is 3.18. The topological polar surface area (TPSA) is 114 Å². The van der Waals surface area contributed by atoms with Crippen molar-refractivity contribution >= 4 is 18.0 Å². The Kier molecular flexibility index (Phi) is 8.87. The fraction of sp³-hybridized carbons (Fsp3) is 0.444. The van der Waals surface area contributed by atoms with Gasteiger partial charge in [-0.1, -0.05) is 62.4 Å². The van der Waals surface area contributed by atoms with Crippen LogP contribution >= 0.6 is 0 Å². The van der Waals surface area contributed by atoms with Crippen molar-refractivity contribution in [2.24, 2.45) is 0 Å². The number of aliphatic carboxylic acids is 1. The highest BCUT2D eigenvalue weighted by Gasteiger charge is 2.40. The fourth-order valence-electron chi connectivity index (χ4n) is 4.59. The van der Waals surface area contributed by atoms with Gasteiger partial charge in [0.15, 0.2) is 0 Å². The molecule has 8 nitrogen and oxygen atoms in total. The van der Waals surface area contributed by atoms with E-state index in [-0.39, 0.29) is 38.0 Å². The highest BCUT2D eigenvalue weighted by Crippen LogP contribution is 2.44. The number of carbonyl (C=O) groups is 3. The molecule has 2 aromatic rings. The molecule has 0 fully saturated rings. The van der Waals surface area contributed by atoms with Crippen molar-refractivity contribution in [1.29, 1.82) is 0 Å². The van der Waals surface area contributed by atoms with Crippen LogP contribution in [-0.2, 0) is 19.1 Å². The van der Waals surface area contributed by atoms with Crippen molar-refractivity contribution in [3.8, 4) is 11.1 Å². The minimum Gasteiger partial charge on any atom is -0.481 e. The van der Waals surface area contributed by atoms with Crippen molar-refractivity contribution in [2.75, 3.05) is 20.3 Å². The number of amides is 2. The van der Waals surface area contributed by atoms with Gasteiger partial charge in [0.2, 0.25) is 5.91 Å². The molecule has 1 aliphatic rings. The molecule has 1 aliphatic carbocycles. The van der Waals surface area contributed by atoms with E-state index < -0.39 is 23.5 Å². The summed E-state index contributed by atoms with van der Waals surface area (Å²) < 4.78 is 10.9. The summed E-state index contributed by atoms with van der Waals surface area (Å²) in [5.74, 6) is -1.44. The number of carboxylic acids is 1. The Hall–Kier alpha value is -3.39. The number of carbonyl (C=O) groups excluding carboxylic acids is 2. The second kappa shape index (κ2) is 11.8. The second-order valence-electron chi connectivity index (χ2n) is 8.83. The van der Waals surface area contributed by atoms with Crippen LogP contribution in [0.25, 0.3) is 11.1 Å². The fourth-order valence-corrected chi connectivity index (χ4v) is 4.59. The third-order valence-corrected chi connectivity index (χ3v) is 6.65. The summed E-state index contributed by atoms with van der Waals surface area (Å²) in [4.78, 5) is 37.1. The summed E-state index contributed by atoms with van der Waals surface area (Å²) in [5, 5.41) is 14.6. The Labute approximate surface area is 206 Å². The van der Waals surface area contributed by atoms with E-state index in [2.05, 4.69) is 22.8 Å². The first-order valence-electron chi connectivity index (χ1n) is 12.0. The van der Waals surface area contributed by atoms with Crippen molar-refractivity contribution in [2.45, 2.75) is 57.0 Å². The molecule has 0 saturated carbocycles. The summed E-state index contributed by atoms with van der Waals surface area (Å²) in [6.45, 7) is 3.73. The van der Waals surface area contributed by atoms with Gasteiger partial charge in [0, 0.05) is 25.5 Å². The van der Waals surface area contributed by atoms with Gasteiger partial charge in [-0.2, -0.15) is 0 Å². The highest BCUT2D eigenvalue weighted by atomic mass is 16.5. The standard InChI is InChI=1S/C27H34N2O6/c1-4-18(14-15-24(30)31)28-25(32)27(5-2,17-34-3)29-26(33)35-16-23-21-12-8-6-10-19(21)20-11-7-9-13-22(20)23/h6-13,18,23H,4-5,14-17H2,1-3H3,(H,28,32)(H,29,33)(H,30,31). The highest BCUT2D eigenvalue weighted by molar-refractivity contribution is 5.90. The number of nitrogens with one attached hydrogen (secondary N) is 2. The van der Waals surface area contributed by atoms with E-state index in [4.69, 9.17) is 14.6 Å². The summed E-state index contributed by atoms with van der Waals surface area (Å²) in [7, 11) is 1.46.